The highest BCUT2D eigenvalue weighted by Crippen LogP contribution is 2.25. The Morgan fingerprint density at radius 3 is 2.12 bits per heavy atom. The summed E-state index contributed by atoms with van der Waals surface area (Å²) in [5.74, 6) is -0.429. The molecule has 8 heteroatoms. The molecule has 0 heterocycles. The lowest BCUT2D eigenvalue weighted by atomic mass is 10.1. The van der Waals surface area contributed by atoms with Gasteiger partial charge in [0.05, 0.1) is 4.90 Å². The summed E-state index contributed by atoms with van der Waals surface area (Å²) in [5.41, 5.74) is 0.127. The average Bonchev–Trinajstić information content (AvgIpc) is 2.55. The fourth-order valence-electron chi connectivity index (χ4n) is 2.27. The summed E-state index contributed by atoms with van der Waals surface area (Å²) >= 11 is 0. The molecule has 3 rings (SSSR count). The number of halogens is 3. The summed E-state index contributed by atoms with van der Waals surface area (Å²) in [6, 6.07) is 16.4. The second kappa shape index (κ2) is 6.29. The minimum atomic E-state index is -4.80. The minimum Gasteiger partial charge on any atom is -0.406 e. The van der Waals surface area contributed by atoms with Crippen molar-refractivity contribution in [3.05, 3.63) is 66.7 Å². The molecule has 0 aromatic heterocycles. The van der Waals surface area contributed by atoms with Crippen molar-refractivity contribution in [1.82, 2.24) is 0 Å². The van der Waals surface area contributed by atoms with E-state index in [2.05, 4.69) is 9.46 Å². The summed E-state index contributed by atoms with van der Waals surface area (Å²) in [5, 5.41) is 1.66. The summed E-state index contributed by atoms with van der Waals surface area (Å²) in [4.78, 5) is 0.0572. The quantitative estimate of drug-likeness (QED) is 0.737. The van der Waals surface area contributed by atoms with E-state index in [1.54, 1.807) is 18.2 Å². The second-order valence-corrected chi connectivity index (χ2v) is 6.87. The standard InChI is InChI=1S/C17H12F3NO3S/c18-17(19,20)24-15-8-6-14(7-9-15)21-25(22,23)16-10-5-12-3-1-2-4-13(12)11-16/h1-11,21H. The van der Waals surface area contributed by atoms with Gasteiger partial charge in [0.15, 0.2) is 0 Å². The highest BCUT2D eigenvalue weighted by molar-refractivity contribution is 7.92. The average molecular weight is 367 g/mol. The molecule has 1 N–H and O–H groups in total. The van der Waals surface area contributed by atoms with Crippen molar-refractivity contribution in [2.24, 2.45) is 0 Å². The summed E-state index contributed by atoms with van der Waals surface area (Å²) in [6.07, 6.45) is -4.80. The molecule has 25 heavy (non-hydrogen) atoms. The molecule has 3 aromatic rings. The fourth-order valence-corrected chi connectivity index (χ4v) is 3.37. The number of anilines is 1. The number of hydrogen-bond donors (Lipinski definition) is 1. The third kappa shape index (κ3) is 4.21. The molecule has 0 aliphatic heterocycles. The lowest BCUT2D eigenvalue weighted by molar-refractivity contribution is -0.274. The molecular formula is C17H12F3NO3S. The molecule has 0 saturated heterocycles. The van der Waals surface area contributed by atoms with Gasteiger partial charge >= 0.3 is 6.36 Å². The molecule has 130 valence electrons. The second-order valence-electron chi connectivity index (χ2n) is 5.19. The van der Waals surface area contributed by atoms with E-state index in [1.165, 1.54) is 24.3 Å². The van der Waals surface area contributed by atoms with Crippen LogP contribution in [0.15, 0.2) is 71.6 Å². The van der Waals surface area contributed by atoms with Gasteiger partial charge in [0.1, 0.15) is 5.75 Å². The van der Waals surface area contributed by atoms with Gasteiger partial charge in [-0.05, 0) is 47.2 Å². The van der Waals surface area contributed by atoms with Gasteiger partial charge in [0.25, 0.3) is 10.0 Å². The first-order valence-electron chi connectivity index (χ1n) is 7.10. The molecule has 3 aromatic carbocycles. The van der Waals surface area contributed by atoms with Crippen LogP contribution in [-0.2, 0) is 10.0 Å². The zero-order chi connectivity index (χ0) is 18.1. The van der Waals surface area contributed by atoms with Gasteiger partial charge in [-0.15, -0.1) is 13.2 Å². The predicted octanol–water partition coefficient (Wildman–Crippen LogP) is 4.54. The van der Waals surface area contributed by atoms with Gasteiger partial charge in [0, 0.05) is 5.69 Å². The molecule has 0 unspecified atom stereocenters. The number of nitrogens with one attached hydrogen (secondary N) is 1. The van der Waals surface area contributed by atoms with Crippen LogP contribution in [0.2, 0.25) is 0 Å². The van der Waals surface area contributed by atoms with Gasteiger partial charge in [-0.1, -0.05) is 30.3 Å². The first-order chi connectivity index (χ1) is 11.7. The van der Waals surface area contributed by atoms with Crippen molar-refractivity contribution in [1.29, 1.82) is 0 Å². The van der Waals surface area contributed by atoms with Crippen molar-refractivity contribution < 1.29 is 26.3 Å². The number of fused-ring (bicyclic) bond motifs is 1. The number of hydrogen-bond acceptors (Lipinski definition) is 3. The zero-order valence-corrected chi connectivity index (χ0v) is 13.4. The van der Waals surface area contributed by atoms with Crippen LogP contribution in [0.3, 0.4) is 0 Å². The number of sulfonamides is 1. The van der Waals surface area contributed by atoms with Crippen molar-refractivity contribution in [3.8, 4) is 5.75 Å². The zero-order valence-electron chi connectivity index (χ0n) is 12.6. The molecule has 0 amide bonds. The van der Waals surface area contributed by atoms with Crippen LogP contribution in [0.4, 0.5) is 18.9 Å². The van der Waals surface area contributed by atoms with E-state index in [4.69, 9.17) is 0 Å². The first-order valence-corrected chi connectivity index (χ1v) is 8.59. The lowest BCUT2D eigenvalue weighted by Crippen LogP contribution is -2.17. The predicted molar refractivity (Wildman–Crippen MR) is 87.9 cm³/mol. The van der Waals surface area contributed by atoms with E-state index in [9.17, 15) is 21.6 Å². The van der Waals surface area contributed by atoms with Gasteiger partial charge in [0.2, 0.25) is 0 Å². The topological polar surface area (TPSA) is 55.4 Å². The summed E-state index contributed by atoms with van der Waals surface area (Å²) in [7, 11) is -3.87. The molecule has 0 spiro atoms. The molecule has 0 aliphatic rings. The van der Waals surface area contributed by atoms with Crippen LogP contribution in [0.5, 0.6) is 5.75 Å². The van der Waals surface area contributed by atoms with Crippen molar-refractivity contribution >= 4 is 26.5 Å². The Balaban J connectivity index is 1.82. The molecule has 0 bridgehead atoms. The molecule has 0 aliphatic carbocycles. The van der Waals surface area contributed by atoms with Crippen LogP contribution in [-0.4, -0.2) is 14.8 Å². The van der Waals surface area contributed by atoms with E-state index in [1.807, 2.05) is 12.1 Å². The molecular weight excluding hydrogens is 355 g/mol. The normalized spacial score (nSPS) is 12.1. The number of benzene rings is 3. The van der Waals surface area contributed by atoms with Gasteiger partial charge in [-0.25, -0.2) is 8.42 Å². The molecule has 0 fully saturated rings. The molecule has 0 radical (unpaired) electrons. The number of alkyl halides is 3. The van der Waals surface area contributed by atoms with Gasteiger partial charge < -0.3 is 4.74 Å². The van der Waals surface area contributed by atoms with Crippen LogP contribution >= 0.6 is 0 Å². The first kappa shape index (κ1) is 17.1. The smallest absolute Gasteiger partial charge is 0.406 e. The largest absolute Gasteiger partial charge is 0.573 e. The number of rotatable bonds is 4. The summed E-state index contributed by atoms with van der Waals surface area (Å²) in [6.45, 7) is 0. The third-order valence-corrected chi connectivity index (χ3v) is 4.75. The highest BCUT2D eigenvalue weighted by atomic mass is 32.2. The Hall–Kier alpha value is -2.74. The molecule has 4 nitrogen and oxygen atoms in total. The Morgan fingerprint density at radius 2 is 1.48 bits per heavy atom. The molecule has 0 saturated carbocycles. The van der Waals surface area contributed by atoms with Gasteiger partial charge in [-0.2, -0.15) is 0 Å². The van der Waals surface area contributed by atoms with Crippen molar-refractivity contribution in [2.45, 2.75) is 11.3 Å². The minimum absolute atomic E-state index is 0.0572. The van der Waals surface area contributed by atoms with E-state index < -0.39 is 22.1 Å². The monoisotopic (exact) mass is 367 g/mol. The van der Waals surface area contributed by atoms with Crippen LogP contribution in [0.25, 0.3) is 10.8 Å². The van der Waals surface area contributed by atoms with Crippen LogP contribution < -0.4 is 9.46 Å². The maximum atomic E-state index is 12.4. The van der Waals surface area contributed by atoms with Crippen molar-refractivity contribution in [2.75, 3.05) is 4.72 Å². The van der Waals surface area contributed by atoms with Gasteiger partial charge in [-0.3, -0.25) is 4.72 Å². The highest BCUT2D eigenvalue weighted by Gasteiger charge is 2.31. The Bertz CT molecular complexity index is 1000. The SMILES string of the molecule is O=S(=O)(Nc1ccc(OC(F)(F)F)cc1)c1ccc2ccccc2c1. The van der Waals surface area contributed by atoms with Crippen molar-refractivity contribution in [3.63, 3.8) is 0 Å². The van der Waals surface area contributed by atoms with E-state index in [0.29, 0.717) is 0 Å². The lowest BCUT2D eigenvalue weighted by Gasteiger charge is -2.11. The van der Waals surface area contributed by atoms with Crippen LogP contribution in [0, 0.1) is 0 Å². The third-order valence-electron chi connectivity index (χ3n) is 3.37. The van der Waals surface area contributed by atoms with Crippen LogP contribution in [0.1, 0.15) is 0 Å². The summed E-state index contributed by atoms with van der Waals surface area (Å²) < 4.78 is 67.3. The number of ether oxygens (including phenoxy) is 1. The Morgan fingerprint density at radius 1 is 0.840 bits per heavy atom. The maximum absolute atomic E-state index is 12.4. The fraction of sp³-hybridized carbons (Fsp3) is 0.0588. The van der Waals surface area contributed by atoms with E-state index in [0.717, 1.165) is 22.9 Å². The van der Waals surface area contributed by atoms with E-state index >= 15 is 0 Å². The Kier molecular flexibility index (Phi) is 4.30. The molecule has 0 atom stereocenters. The maximum Gasteiger partial charge on any atom is 0.573 e. The van der Waals surface area contributed by atoms with E-state index in [-0.39, 0.29) is 10.6 Å². The Labute approximate surface area is 141 Å².